The minimum atomic E-state index is -0.0621. The summed E-state index contributed by atoms with van der Waals surface area (Å²) in [7, 11) is 1.78. The Kier molecular flexibility index (Phi) is 3.91. The van der Waals surface area contributed by atoms with Gasteiger partial charge in [0, 0.05) is 19.8 Å². The Bertz CT molecular complexity index is 512. The smallest absolute Gasteiger partial charge is 0.272 e. The molecular weight excluding hydrogens is 300 g/mol. The number of halogens is 1. The molecule has 0 spiro atoms. The Balaban J connectivity index is 2.06. The molecule has 0 unspecified atom stereocenters. The van der Waals surface area contributed by atoms with E-state index in [1.54, 1.807) is 41.6 Å². The van der Waals surface area contributed by atoms with Gasteiger partial charge < -0.3 is 4.90 Å². The van der Waals surface area contributed by atoms with Crippen molar-refractivity contribution in [3.05, 3.63) is 50.9 Å². The van der Waals surface area contributed by atoms with Crippen molar-refractivity contribution < 1.29 is 4.79 Å². The second kappa shape index (κ2) is 5.42. The zero-order chi connectivity index (χ0) is 12.3. The highest BCUT2D eigenvalue weighted by molar-refractivity contribution is 9.11. The molecule has 0 fully saturated rings. The number of pyridine rings is 1. The Labute approximate surface area is 112 Å². The van der Waals surface area contributed by atoms with Crippen LogP contribution in [0.1, 0.15) is 16.1 Å². The third kappa shape index (κ3) is 3.14. The Hall–Kier alpha value is -1.20. The minimum Gasteiger partial charge on any atom is -0.336 e. The molecule has 88 valence electrons. The molecular formula is C12H11BrN2OS. The molecule has 2 aromatic heterocycles. The van der Waals surface area contributed by atoms with Crippen molar-refractivity contribution in [1.82, 2.24) is 9.88 Å². The highest BCUT2D eigenvalue weighted by atomic mass is 79.9. The first-order chi connectivity index (χ1) is 8.16. The van der Waals surface area contributed by atoms with Gasteiger partial charge in [-0.2, -0.15) is 0 Å². The monoisotopic (exact) mass is 310 g/mol. The Morgan fingerprint density at radius 1 is 1.53 bits per heavy atom. The van der Waals surface area contributed by atoms with E-state index in [4.69, 9.17) is 0 Å². The molecule has 0 aliphatic heterocycles. The zero-order valence-corrected chi connectivity index (χ0v) is 11.7. The molecule has 0 saturated carbocycles. The first-order valence-corrected chi connectivity index (χ1v) is 6.73. The summed E-state index contributed by atoms with van der Waals surface area (Å²) in [5, 5.41) is 2.03. The number of carbonyl (C=O) groups excluding carboxylic acids is 1. The van der Waals surface area contributed by atoms with Crippen LogP contribution in [-0.2, 0) is 6.54 Å². The second-order valence-corrected chi connectivity index (χ2v) is 5.93. The SMILES string of the molecule is CN(Cc1csc(Br)c1)C(=O)c1ccccn1. The normalized spacial score (nSPS) is 10.2. The lowest BCUT2D eigenvalue weighted by Crippen LogP contribution is -2.26. The zero-order valence-electron chi connectivity index (χ0n) is 9.26. The lowest BCUT2D eigenvalue weighted by atomic mass is 10.3. The van der Waals surface area contributed by atoms with Crippen LogP contribution in [0.4, 0.5) is 0 Å². The van der Waals surface area contributed by atoms with Crippen molar-refractivity contribution in [3.8, 4) is 0 Å². The third-order valence-corrected chi connectivity index (χ3v) is 3.83. The lowest BCUT2D eigenvalue weighted by molar-refractivity contribution is 0.0779. The van der Waals surface area contributed by atoms with Gasteiger partial charge in [0.1, 0.15) is 5.69 Å². The molecule has 0 atom stereocenters. The van der Waals surface area contributed by atoms with Gasteiger partial charge in [0.2, 0.25) is 0 Å². The van der Waals surface area contributed by atoms with Crippen LogP contribution in [0.5, 0.6) is 0 Å². The highest BCUT2D eigenvalue weighted by Crippen LogP contribution is 2.21. The lowest BCUT2D eigenvalue weighted by Gasteiger charge is -2.15. The van der Waals surface area contributed by atoms with Gasteiger partial charge in [-0.1, -0.05) is 6.07 Å². The van der Waals surface area contributed by atoms with Gasteiger partial charge in [-0.3, -0.25) is 9.78 Å². The largest absolute Gasteiger partial charge is 0.336 e. The van der Waals surface area contributed by atoms with Gasteiger partial charge >= 0.3 is 0 Å². The van der Waals surface area contributed by atoms with E-state index in [-0.39, 0.29) is 5.91 Å². The van der Waals surface area contributed by atoms with E-state index < -0.39 is 0 Å². The van der Waals surface area contributed by atoms with Gasteiger partial charge in [-0.25, -0.2) is 0 Å². The molecule has 0 bridgehead atoms. The first-order valence-electron chi connectivity index (χ1n) is 5.06. The average molecular weight is 311 g/mol. The van der Waals surface area contributed by atoms with Crippen LogP contribution < -0.4 is 0 Å². The summed E-state index contributed by atoms with van der Waals surface area (Å²) >= 11 is 5.02. The molecule has 3 nitrogen and oxygen atoms in total. The first kappa shape index (κ1) is 12.3. The van der Waals surface area contributed by atoms with Crippen LogP contribution in [0.2, 0.25) is 0 Å². The number of carbonyl (C=O) groups is 1. The van der Waals surface area contributed by atoms with Gasteiger partial charge in [0.25, 0.3) is 5.91 Å². The number of amides is 1. The fourth-order valence-electron chi connectivity index (χ4n) is 1.46. The van der Waals surface area contributed by atoms with E-state index in [9.17, 15) is 4.79 Å². The molecule has 1 amide bonds. The molecule has 0 aromatic carbocycles. The van der Waals surface area contributed by atoms with Crippen LogP contribution in [0.3, 0.4) is 0 Å². The maximum Gasteiger partial charge on any atom is 0.272 e. The van der Waals surface area contributed by atoms with Gasteiger partial charge in [-0.05, 0) is 45.1 Å². The number of hydrogen-bond donors (Lipinski definition) is 0. The van der Waals surface area contributed by atoms with Crippen LogP contribution >= 0.6 is 27.3 Å². The van der Waals surface area contributed by atoms with Crippen LogP contribution in [0.25, 0.3) is 0 Å². The van der Waals surface area contributed by atoms with Crippen molar-refractivity contribution in [2.45, 2.75) is 6.54 Å². The summed E-state index contributed by atoms with van der Waals surface area (Å²) in [5.41, 5.74) is 1.60. The van der Waals surface area contributed by atoms with Gasteiger partial charge in [0.15, 0.2) is 0 Å². The summed E-state index contributed by atoms with van der Waals surface area (Å²) in [4.78, 5) is 17.7. The number of hydrogen-bond acceptors (Lipinski definition) is 3. The molecule has 0 aliphatic carbocycles. The van der Waals surface area contributed by atoms with Crippen molar-refractivity contribution in [2.24, 2.45) is 0 Å². The number of nitrogens with zero attached hydrogens (tertiary/aromatic N) is 2. The summed E-state index contributed by atoms with van der Waals surface area (Å²) in [6, 6.07) is 7.36. The molecule has 0 saturated heterocycles. The minimum absolute atomic E-state index is 0.0621. The summed E-state index contributed by atoms with van der Waals surface area (Å²) in [6.07, 6.45) is 1.63. The molecule has 0 N–H and O–H groups in total. The fraction of sp³-hybridized carbons (Fsp3) is 0.167. The van der Waals surface area contributed by atoms with Crippen molar-refractivity contribution in [1.29, 1.82) is 0 Å². The molecule has 5 heteroatoms. The van der Waals surface area contributed by atoms with E-state index in [2.05, 4.69) is 20.9 Å². The standard InChI is InChI=1S/C12H11BrN2OS/c1-15(7-9-6-11(13)17-8-9)12(16)10-4-2-3-5-14-10/h2-6,8H,7H2,1H3. The topological polar surface area (TPSA) is 33.2 Å². The van der Waals surface area contributed by atoms with Crippen molar-refractivity contribution >= 4 is 33.2 Å². The van der Waals surface area contributed by atoms with E-state index in [0.717, 1.165) is 9.35 Å². The molecule has 0 aliphatic rings. The van der Waals surface area contributed by atoms with Gasteiger partial charge in [0.05, 0.1) is 3.79 Å². The average Bonchev–Trinajstić information content (AvgIpc) is 2.75. The second-order valence-electron chi connectivity index (χ2n) is 3.64. The van der Waals surface area contributed by atoms with E-state index in [0.29, 0.717) is 12.2 Å². The molecule has 2 aromatic rings. The third-order valence-electron chi connectivity index (χ3n) is 2.27. The van der Waals surface area contributed by atoms with E-state index in [1.807, 2.05) is 17.5 Å². The van der Waals surface area contributed by atoms with Crippen molar-refractivity contribution in [2.75, 3.05) is 7.05 Å². The number of thiophene rings is 1. The van der Waals surface area contributed by atoms with E-state index in [1.165, 1.54) is 0 Å². The number of aromatic nitrogens is 1. The highest BCUT2D eigenvalue weighted by Gasteiger charge is 2.13. The predicted octanol–water partition coefficient (Wildman–Crippen LogP) is 3.18. The van der Waals surface area contributed by atoms with Gasteiger partial charge in [-0.15, -0.1) is 11.3 Å². The Morgan fingerprint density at radius 2 is 2.35 bits per heavy atom. The predicted molar refractivity (Wildman–Crippen MR) is 72.1 cm³/mol. The quantitative estimate of drug-likeness (QED) is 0.872. The summed E-state index contributed by atoms with van der Waals surface area (Å²) in [6.45, 7) is 0.595. The van der Waals surface area contributed by atoms with Crippen LogP contribution in [0, 0.1) is 0 Å². The maximum atomic E-state index is 12.0. The molecule has 2 heterocycles. The number of rotatable bonds is 3. The fourth-order valence-corrected chi connectivity index (χ4v) is 2.66. The van der Waals surface area contributed by atoms with Crippen LogP contribution in [-0.4, -0.2) is 22.8 Å². The molecule has 2 rings (SSSR count). The maximum absolute atomic E-state index is 12.0. The summed E-state index contributed by atoms with van der Waals surface area (Å²) < 4.78 is 1.08. The van der Waals surface area contributed by atoms with E-state index >= 15 is 0 Å². The molecule has 17 heavy (non-hydrogen) atoms. The van der Waals surface area contributed by atoms with Crippen LogP contribution in [0.15, 0.2) is 39.6 Å². The summed E-state index contributed by atoms with van der Waals surface area (Å²) in [5.74, 6) is -0.0621. The Morgan fingerprint density at radius 3 is 2.94 bits per heavy atom. The van der Waals surface area contributed by atoms with Crippen molar-refractivity contribution in [3.63, 3.8) is 0 Å². The molecule has 0 radical (unpaired) electrons.